The van der Waals surface area contributed by atoms with Gasteiger partial charge in [0.05, 0.1) is 19.8 Å². The Bertz CT molecular complexity index is 733. The van der Waals surface area contributed by atoms with Gasteiger partial charge in [-0.2, -0.15) is 0 Å². The van der Waals surface area contributed by atoms with Gasteiger partial charge in [-0.1, -0.05) is 36.4 Å². The molecule has 0 unspecified atom stereocenters. The number of aliphatic imine (C=N–C) groups is 1. The van der Waals surface area contributed by atoms with Crippen LogP contribution in [-0.4, -0.2) is 55.2 Å². The number of rotatable bonds is 9. The summed E-state index contributed by atoms with van der Waals surface area (Å²) in [6.45, 7) is 6.44. The first-order chi connectivity index (χ1) is 13.8. The highest BCUT2D eigenvalue weighted by atomic mass is 16.5. The fourth-order valence-corrected chi connectivity index (χ4v) is 2.97. The molecule has 1 aromatic heterocycles. The number of nitrogens with one attached hydrogen (secondary N) is 1. The van der Waals surface area contributed by atoms with Crippen LogP contribution >= 0.6 is 0 Å². The van der Waals surface area contributed by atoms with Crippen molar-refractivity contribution >= 4 is 5.96 Å². The van der Waals surface area contributed by atoms with E-state index >= 15 is 0 Å². The number of aromatic nitrogens is 1. The average molecular weight is 383 g/mol. The Morgan fingerprint density at radius 3 is 2.82 bits per heavy atom. The van der Waals surface area contributed by atoms with E-state index in [-0.39, 0.29) is 0 Å². The van der Waals surface area contributed by atoms with Crippen LogP contribution in [0.4, 0.5) is 0 Å². The van der Waals surface area contributed by atoms with Crippen molar-refractivity contribution in [1.82, 2.24) is 15.2 Å². The predicted molar refractivity (Wildman–Crippen MR) is 110 cm³/mol. The van der Waals surface area contributed by atoms with Gasteiger partial charge in [0.1, 0.15) is 6.61 Å². The fraction of sp³-hybridized carbons (Fsp3) is 0.429. The summed E-state index contributed by atoms with van der Waals surface area (Å²) in [6, 6.07) is 13.9. The number of guanidine groups is 1. The number of pyridine rings is 1. The zero-order valence-corrected chi connectivity index (χ0v) is 16.2. The van der Waals surface area contributed by atoms with Gasteiger partial charge >= 0.3 is 0 Å². The van der Waals surface area contributed by atoms with E-state index in [2.05, 4.69) is 20.2 Å². The molecule has 1 saturated heterocycles. The first-order valence-corrected chi connectivity index (χ1v) is 9.76. The van der Waals surface area contributed by atoms with Crippen LogP contribution in [0.2, 0.25) is 0 Å². The Kier molecular flexibility index (Phi) is 8.08. The summed E-state index contributed by atoms with van der Waals surface area (Å²) in [5, 5.41) is 3.18. The van der Waals surface area contributed by atoms with E-state index in [1.165, 1.54) is 0 Å². The summed E-state index contributed by atoms with van der Waals surface area (Å²) in [4.78, 5) is 11.2. The number of hydrogen-bond acceptors (Lipinski definition) is 5. The summed E-state index contributed by atoms with van der Waals surface area (Å²) in [5.74, 6) is 1.04. The van der Waals surface area contributed by atoms with Crippen LogP contribution in [0.1, 0.15) is 17.5 Å². The Labute approximate surface area is 166 Å². The quantitative estimate of drug-likeness (QED) is 0.390. The van der Waals surface area contributed by atoms with Gasteiger partial charge in [0.2, 0.25) is 5.88 Å². The molecule has 0 aliphatic carbocycles. The number of benzene rings is 1. The molecule has 0 radical (unpaired) electrons. The van der Waals surface area contributed by atoms with Crippen molar-refractivity contribution in [3.05, 3.63) is 59.8 Å². The molecule has 0 atom stereocenters. The summed E-state index contributed by atoms with van der Waals surface area (Å²) in [7, 11) is 0. The van der Waals surface area contributed by atoms with Crippen molar-refractivity contribution in [1.29, 1.82) is 0 Å². The SMILES string of the molecule is NC(=NCc1cccnc1OCc1ccccc1)NCCCN1CCOCC1. The molecule has 0 amide bonds. The summed E-state index contributed by atoms with van der Waals surface area (Å²) < 4.78 is 11.2. The Morgan fingerprint density at radius 2 is 2.00 bits per heavy atom. The maximum Gasteiger partial charge on any atom is 0.218 e. The van der Waals surface area contributed by atoms with Gasteiger partial charge in [0, 0.05) is 31.4 Å². The molecule has 3 rings (SSSR count). The van der Waals surface area contributed by atoms with Crippen molar-refractivity contribution < 1.29 is 9.47 Å². The molecule has 1 fully saturated rings. The summed E-state index contributed by atoms with van der Waals surface area (Å²) in [6.07, 6.45) is 2.75. The van der Waals surface area contributed by atoms with Crippen molar-refractivity contribution in [3.63, 3.8) is 0 Å². The van der Waals surface area contributed by atoms with Gasteiger partial charge in [0.25, 0.3) is 0 Å². The molecule has 2 aromatic rings. The third kappa shape index (κ3) is 6.83. The lowest BCUT2D eigenvalue weighted by Gasteiger charge is -2.26. The van der Waals surface area contributed by atoms with Gasteiger partial charge in [-0.05, 0) is 24.6 Å². The molecule has 1 aromatic carbocycles. The minimum atomic E-state index is 0.431. The molecule has 7 nitrogen and oxygen atoms in total. The predicted octanol–water partition coefficient (Wildman–Crippen LogP) is 1.79. The molecule has 0 saturated carbocycles. The minimum absolute atomic E-state index is 0.431. The summed E-state index contributed by atoms with van der Waals surface area (Å²) in [5.41, 5.74) is 8.01. The second-order valence-electron chi connectivity index (χ2n) is 6.68. The third-order valence-electron chi connectivity index (χ3n) is 4.55. The van der Waals surface area contributed by atoms with Gasteiger partial charge in [-0.15, -0.1) is 0 Å². The molecular formula is C21H29N5O2. The van der Waals surface area contributed by atoms with E-state index in [1.54, 1.807) is 6.20 Å². The normalized spacial score (nSPS) is 15.4. The van der Waals surface area contributed by atoms with Crippen LogP contribution in [0.15, 0.2) is 53.7 Å². The number of ether oxygens (including phenoxy) is 2. The van der Waals surface area contributed by atoms with Crippen LogP contribution in [0.25, 0.3) is 0 Å². The zero-order valence-electron chi connectivity index (χ0n) is 16.2. The Morgan fingerprint density at radius 1 is 1.18 bits per heavy atom. The molecule has 1 aliphatic heterocycles. The number of morpholine rings is 1. The lowest BCUT2D eigenvalue weighted by molar-refractivity contribution is 0.0376. The number of nitrogens with two attached hydrogens (primary N) is 1. The van der Waals surface area contributed by atoms with Crippen LogP contribution in [0, 0.1) is 0 Å². The van der Waals surface area contributed by atoms with E-state index in [0.717, 1.165) is 56.9 Å². The molecule has 0 spiro atoms. The van der Waals surface area contributed by atoms with E-state index in [1.807, 2.05) is 42.5 Å². The van der Waals surface area contributed by atoms with Crippen molar-refractivity contribution in [3.8, 4) is 5.88 Å². The topological polar surface area (TPSA) is 85.0 Å². The van der Waals surface area contributed by atoms with Crippen molar-refractivity contribution in [2.45, 2.75) is 19.6 Å². The zero-order chi connectivity index (χ0) is 19.4. The minimum Gasteiger partial charge on any atom is -0.473 e. The Balaban J connectivity index is 1.42. The van der Waals surface area contributed by atoms with Gasteiger partial charge < -0.3 is 20.5 Å². The van der Waals surface area contributed by atoms with Gasteiger partial charge in [0.15, 0.2) is 5.96 Å². The third-order valence-corrected chi connectivity index (χ3v) is 4.55. The molecule has 3 N–H and O–H groups in total. The van der Waals surface area contributed by atoms with Crippen LogP contribution in [0.3, 0.4) is 0 Å². The fourth-order valence-electron chi connectivity index (χ4n) is 2.97. The first kappa shape index (κ1) is 20.1. The standard InChI is InChI=1S/C21H29N5O2/c22-21(24-10-5-11-26-12-14-27-15-13-26)25-16-19-8-4-9-23-20(19)28-17-18-6-2-1-3-7-18/h1-4,6-9H,5,10-17H2,(H3,22,24,25). The smallest absolute Gasteiger partial charge is 0.218 e. The van der Waals surface area contributed by atoms with Crippen LogP contribution in [0.5, 0.6) is 5.88 Å². The van der Waals surface area contributed by atoms with Crippen molar-refractivity contribution in [2.75, 3.05) is 39.4 Å². The molecule has 0 bridgehead atoms. The lowest BCUT2D eigenvalue weighted by atomic mass is 10.2. The highest BCUT2D eigenvalue weighted by Crippen LogP contribution is 2.17. The van der Waals surface area contributed by atoms with Gasteiger partial charge in [-0.25, -0.2) is 9.98 Å². The molecule has 7 heteroatoms. The van der Waals surface area contributed by atoms with Crippen LogP contribution in [-0.2, 0) is 17.9 Å². The molecule has 1 aliphatic rings. The molecule has 2 heterocycles. The second kappa shape index (κ2) is 11.3. The largest absolute Gasteiger partial charge is 0.473 e. The first-order valence-electron chi connectivity index (χ1n) is 9.76. The second-order valence-corrected chi connectivity index (χ2v) is 6.68. The van der Waals surface area contributed by atoms with E-state index in [0.29, 0.717) is 25.0 Å². The van der Waals surface area contributed by atoms with Crippen molar-refractivity contribution in [2.24, 2.45) is 10.7 Å². The maximum absolute atomic E-state index is 6.00. The highest BCUT2D eigenvalue weighted by Gasteiger charge is 2.09. The maximum atomic E-state index is 6.00. The highest BCUT2D eigenvalue weighted by molar-refractivity contribution is 5.77. The van der Waals surface area contributed by atoms with E-state index in [9.17, 15) is 0 Å². The lowest BCUT2D eigenvalue weighted by Crippen LogP contribution is -2.39. The molecule has 28 heavy (non-hydrogen) atoms. The molecule has 150 valence electrons. The monoisotopic (exact) mass is 383 g/mol. The summed E-state index contributed by atoms with van der Waals surface area (Å²) >= 11 is 0. The average Bonchev–Trinajstić information content (AvgIpc) is 2.76. The van der Waals surface area contributed by atoms with Crippen LogP contribution < -0.4 is 15.8 Å². The number of nitrogens with zero attached hydrogens (tertiary/aromatic N) is 3. The van der Waals surface area contributed by atoms with E-state index in [4.69, 9.17) is 15.2 Å². The van der Waals surface area contributed by atoms with E-state index < -0.39 is 0 Å². The number of hydrogen-bond donors (Lipinski definition) is 2. The Hall–Kier alpha value is -2.64. The molecular weight excluding hydrogens is 354 g/mol. The van der Waals surface area contributed by atoms with Gasteiger partial charge in [-0.3, -0.25) is 4.90 Å².